The van der Waals surface area contributed by atoms with Crippen molar-refractivity contribution in [3.8, 4) is 0 Å². The van der Waals surface area contributed by atoms with Crippen molar-refractivity contribution in [1.82, 2.24) is 0 Å². The van der Waals surface area contributed by atoms with E-state index in [-0.39, 0.29) is 0 Å². The molecular weight excluding hydrogens is 420 g/mol. The fourth-order valence-electron chi connectivity index (χ4n) is 4.62. The molecule has 0 heterocycles. The van der Waals surface area contributed by atoms with Gasteiger partial charge in [-0.25, -0.2) is 0 Å². The van der Waals surface area contributed by atoms with Gasteiger partial charge in [0.05, 0.1) is 6.61 Å². The van der Waals surface area contributed by atoms with Gasteiger partial charge in [0, 0.05) is 6.61 Å². The van der Waals surface area contributed by atoms with E-state index in [1.807, 2.05) is 0 Å². The molecule has 2 aromatic rings. The molecule has 0 aromatic heterocycles. The highest BCUT2D eigenvalue weighted by atomic mass is 28.4. The summed E-state index contributed by atoms with van der Waals surface area (Å²) in [4.78, 5) is 0. The Bertz CT molecular complexity index is 741. The van der Waals surface area contributed by atoms with Crippen molar-refractivity contribution in [1.29, 1.82) is 0 Å². The van der Waals surface area contributed by atoms with Gasteiger partial charge in [-0.05, 0) is 40.9 Å². The number of fused-ring (bicyclic) bond motifs is 1. The topological polar surface area (TPSA) is 18.5 Å². The number of rotatable bonds is 20. The summed E-state index contributed by atoms with van der Waals surface area (Å²) in [5.41, 5.74) is 1.25. The highest BCUT2D eigenvalue weighted by Gasteiger charge is 2.33. The highest BCUT2D eigenvalue weighted by molar-refractivity contribution is 6.67. The average molecular weight is 471 g/mol. The van der Waals surface area contributed by atoms with Crippen LogP contribution in [0.15, 0.2) is 42.5 Å². The molecule has 2 aromatic carbocycles. The molecule has 0 aliphatic rings. The third-order valence-electron chi connectivity index (χ3n) is 7.01. The van der Waals surface area contributed by atoms with E-state index in [1.54, 1.807) is 0 Å². The molecule has 0 aliphatic heterocycles. The highest BCUT2D eigenvalue weighted by Crippen LogP contribution is 2.23. The molecule has 0 radical (unpaired) electrons. The first kappa shape index (κ1) is 28.1. The second-order valence-corrected chi connectivity index (χ2v) is 13.5. The average Bonchev–Trinajstić information content (AvgIpc) is 2.86. The molecule has 0 spiro atoms. The van der Waals surface area contributed by atoms with Crippen molar-refractivity contribution in [3.05, 3.63) is 48.0 Å². The maximum atomic E-state index is 6.49. The van der Waals surface area contributed by atoms with Crippen molar-refractivity contribution in [2.45, 2.75) is 123 Å². The molecule has 0 fully saturated rings. The second kappa shape index (κ2) is 17.3. The summed E-state index contributed by atoms with van der Waals surface area (Å²) in [6.07, 6.45) is 18.0. The molecule has 0 bridgehead atoms. The van der Waals surface area contributed by atoms with Gasteiger partial charge in [0.2, 0.25) is 0 Å². The Morgan fingerprint density at radius 3 is 1.70 bits per heavy atom. The Kier molecular flexibility index (Phi) is 14.7. The Labute approximate surface area is 205 Å². The zero-order chi connectivity index (χ0) is 23.6. The predicted octanol–water partition coefficient (Wildman–Crippen LogP) is 9.95. The molecule has 0 saturated carbocycles. The summed E-state index contributed by atoms with van der Waals surface area (Å²) in [6, 6.07) is 17.2. The van der Waals surface area contributed by atoms with Crippen LogP contribution in [0, 0.1) is 0 Å². The van der Waals surface area contributed by atoms with Crippen molar-refractivity contribution >= 4 is 19.3 Å². The lowest BCUT2D eigenvalue weighted by Crippen LogP contribution is -2.40. The van der Waals surface area contributed by atoms with Crippen molar-refractivity contribution in [2.24, 2.45) is 0 Å². The van der Waals surface area contributed by atoms with Crippen molar-refractivity contribution in [3.63, 3.8) is 0 Å². The monoisotopic (exact) mass is 470 g/mol. The van der Waals surface area contributed by atoms with Crippen LogP contribution in [0.3, 0.4) is 0 Å². The fraction of sp³-hybridized carbons (Fsp3) is 0.667. The maximum absolute atomic E-state index is 6.49. The van der Waals surface area contributed by atoms with Gasteiger partial charge in [0.25, 0.3) is 0 Å². The van der Waals surface area contributed by atoms with Gasteiger partial charge < -0.3 is 8.85 Å². The molecule has 0 saturated heterocycles. The van der Waals surface area contributed by atoms with E-state index in [0.717, 1.165) is 18.7 Å². The van der Waals surface area contributed by atoms with Gasteiger partial charge in [0.1, 0.15) is 0 Å². The van der Waals surface area contributed by atoms with Crippen LogP contribution in [0.5, 0.6) is 0 Å². The third kappa shape index (κ3) is 11.2. The van der Waals surface area contributed by atoms with Gasteiger partial charge in [-0.3, -0.25) is 0 Å². The normalized spacial score (nSPS) is 12.0. The first-order valence-corrected chi connectivity index (χ1v) is 16.2. The molecule has 186 valence electrons. The fourth-order valence-corrected chi connectivity index (χ4v) is 6.97. The Hall–Kier alpha value is -1.16. The van der Waals surface area contributed by atoms with Gasteiger partial charge >= 0.3 is 8.56 Å². The lowest BCUT2D eigenvalue weighted by molar-refractivity contribution is 0.158. The van der Waals surface area contributed by atoms with E-state index < -0.39 is 8.56 Å². The lowest BCUT2D eigenvalue weighted by atomic mass is 10.0. The minimum Gasteiger partial charge on any atom is -0.394 e. The van der Waals surface area contributed by atoms with Gasteiger partial charge in [-0.2, -0.15) is 0 Å². The summed E-state index contributed by atoms with van der Waals surface area (Å²) in [7, 11) is -2.10. The van der Waals surface area contributed by atoms with Crippen molar-refractivity contribution < 1.29 is 8.85 Å². The van der Waals surface area contributed by atoms with Gasteiger partial charge in [-0.15, -0.1) is 0 Å². The van der Waals surface area contributed by atoms with Gasteiger partial charge in [0.15, 0.2) is 0 Å². The standard InChI is InChI=1S/C30H50O2Si/c1-4-7-8-9-10-11-12-13-14-15-16-17-20-25-31-33(5-2,6-3)32-27-28-23-24-29-21-18-19-22-30(29)26-28/h18-19,21-24,26H,4-17,20,25,27H2,1-3H3. The number of hydrogen-bond acceptors (Lipinski definition) is 2. The molecule has 2 nitrogen and oxygen atoms in total. The second-order valence-electron chi connectivity index (χ2n) is 9.68. The summed E-state index contributed by atoms with van der Waals surface area (Å²) < 4.78 is 12.9. The van der Waals surface area contributed by atoms with Crippen LogP contribution < -0.4 is 0 Å². The van der Waals surface area contributed by atoms with Gasteiger partial charge in [-0.1, -0.05) is 134 Å². The molecule has 0 aliphatic carbocycles. The van der Waals surface area contributed by atoms with Crippen LogP contribution in [0.2, 0.25) is 12.1 Å². The molecule has 2 rings (SSSR count). The maximum Gasteiger partial charge on any atom is 0.337 e. The minimum atomic E-state index is -2.10. The zero-order valence-electron chi connectivity index (χ0n) is 21.9. The zero-order valence-corrected chi connectivity index (χ0v) is 22.9. The SMILES string of the molecule is CCCCCCCCCCCCCCCO[Si](CC)(CC)OCc1ccc2ccccc2c1. The molecule has 33 heavy (non-hydrogen) atoms. The quantitative estimate of drug-likeness (QED) is 0.141. The number of benzene rings is 2. The summed E-state index contributed by atoms with van der Waals surface area (Å²) >= 11 is 0. The Morgan fingerprint density at radius 1 is 0.576 bits per heavy atom. The predicted molar refractivity (Wildman–Crippen MR) is 147 cm³/mol. The summed E-state index contributed by atoms with van der Waals surface area (Å²) in [5, 5.41) is 2.57. The summed E-state index contributed by atoms with van der Waals surface area (Å²) in [6.45, 7) is 8.29. The largest absolute Gasteiger partial charge is 0.394 e. The van der Waals surface area contributed by atoms with E-state index in [0.29, 0.717) is 6.61 Å². The minimum absolute atomic E-state index is 0.664. The molecular formula is C30H50O2Si. The van der Waals surface area contributed by atoms with Crippen LogP contribution in [0.1, 0.15) is 110 Å². The lowest BCUT2D eigenvalue weighted by Gasteiger charge is -2.29. The van der Waals surface area contributed by atoms with Crippen molar-refractivity contribution in [2.75, 3.05) is 6.61 Å². The number of unbranched alkanes of at least 4 members (excludes halogenated alkanes) is 12. The van der Waals surface area contributed by atoms with E-state index >= 15 is 0 Å². The van der Waals surface area contributed by atoms with E-state index in [9.17, 15) is 0 Å². The van der Waals surface area contributed by atoms with Crippen LogP contribution in [-0.4, -0.2) is 15.2 Å². The Morgan fingerprint density at radius 2 is 1.12 bits per heavy atom. The Balaban J connectivity index is 1.55. The van der Waals surface area contributed by atoms with Crippen LogP contribution in [0.4, 0.5) is 0 Å². The molecule has 3 heteroatoms. The smallest absolute Gasteiger partial charge is 0.337 e. The third-order valence-corrected chi connectivity index (χ3v) is 10.6. The molecule has 0 N–H and O–H groups in total. The summed E-state index contributed by atoms with van der Waals surface area (Å²) in [5.74, 6) is 0. The number of hydrogen-bond donors (Lipinski definition) is 0. The van der Waals surface area contributed by atoms with E-state index in [1.165, 1.54) is 99.8 Å². The molecule has 0 unspecified atom stereocenters. The first-order valence-electron chi connectivity index (χ1n) is 14.0. The first-order chi connectivity index (χ1) is 16.2. The van der Waals surface area contributed by atoms with Crippen LogP contribution in [0.25, 0.3) is 10.8 Å². The van der Waals surface area contributed by atoms with E-state index in [4.69, 9.17) is 8.85 Å². The van der Waals surface area contributed by atoms with E-state index in [2.05, 4.69) is 63.2 Å². The van der Waals surface area contributed by atoms with Crippen LogP contribution in [-0.2, 0) is 15.5 Å². The molecule has 0 amide bonds. The molecule has 0 atom stereocenters. The van der Waals surface area contributed by atoms with Crippen LogP contribution >= 0.6 is 0 Å².